The van der Waals surface area contributed by atoms with Crippen molar-refractivity contribution in [3.05, 3.63) is 0 Å². The van der Waals surface area contributed by atoms with Crippen LogP contribution in [0.15, 0.2) is 0 Å². The minimum atomic E-state index is -0.473. The Kier molecular flexibility index (Phi) is 21.4. The Bertz CT molecular complexity index is 466. The van der Waals surface area contributed by atoms with Crippen molar-refractivity contribution in [1.29, 1.82) is 0 Å². The summed E-state index contributed by atoms with van der Waals surface area (Å²) in [6, 6.07) is 0. The quantitative estimate of drug-likeness (QED) is 0.0839. The van der Waals surface area contributed by atoms with Crippen molar-refractivity contribution in [3.8, 4) is 0 Å². The number of carbonyl (C=O) groups is 3. The summed E-state index contributed by atoms with van der Waals surface area (Å²) in [4.78, 5) is 34.2. The van der Waals surface area contributed by atoms with Gasteiger partial charge in [0.15, 0.2) is 0 Å². The molecule has 0 N–H and O–H groups in total. The molecule has 33 heavy (non-hydrogen) atoms. The van der Waals surface area contributed by atoms with E-state index >= 15 is 0 Å². The van der Waals surface area contributed by atoms with Gasteiger partial charge in [-0.25, -0.2) is 0 Å². The molecule has 0 aromatic heterocycles. The lowest BCUT2D eigenvalue weighted by atomic mass is 9.88. The van der Waals surface area contributed by atoms with Crippen molar-refractivity contribution < 1.29 is 42.8 Å². The van der Waals surface area contributed by atoms with Crippen LogP contribution in [0.2, 0.25) is 0 Å². The fourth-order valence-electron chi connectivity index (χ4n) is 2.43. The Hall–Kier alpha value is -0.660. The van der Waals surface area contributed by atoms with E-state index < -0.39 is 5.41 Å². The van der Waals surface area contributed by atoms with Crippen LogP contribution in [0.4, 0.5) is 0 Å². The zero-order chi connectivity index (χ0) is 24.8. The van der Waals surface area contributed by atoms with Crippen LogP contribution in [-0.2, 0) is 42.8 Å². The van der Waals surface area contributed by atoms with Crippen LogP contribution >= 0.6 is 37.9 Å². The predicted octanol–water partition coefficient (Wildman–Crippen LogP) is 2.02. The van der Waals surface area contributed by atoms with Gasteiger partial charge in [-0.15, -0.1) is 0 Å². The molecule has 0 rings (SSSR count). The normalized spacial score (nSPS) is 11.3. The molecule has 12 heteroatoms. The van der Waals surface area contributed by atoms with E-state index in [1.165, 1.54) is 0 Å². The predicted molar refractivity (Wildman–Crippen MR) is 133 cm³/mol. The molecule has 0 spiro atoms. The standard InChI is InChI=1S/C21H38O9S3/c1-2-21(15-25-6-9-28-18(22)3-12-31,16-26-7-10-29-19(23)4-13-32)17-27-8-11-30-20(24)5-14-33/h31-33H,2-17H2,1H3. The van der Waals surface area contributed by atoms with Crippen molar-refractivity contribution in [2.24, 2.45) is 5.41 Å². The molecule has 0 amide bonds. The van der Waals surface area contributed by atoms with Crippen LogP contribution in [0.5, 0.6) is 0 Å². The maximum Gasteiger partial charge on any atom is 0.306 e. The molecule has 0 radical (unpaired) electrons. The molecule has 0 aliphatic carbocycles. The zero-order valence-corrected chi connectivity index (χ0v) is 22.0. The van der Waals surface area contributed by atoms with Crippen molar-refractivity contribution >= 4 is 55.8 Å². The third kappa shape index (κ3) is 18.4. The number of carbonyl (C=O) groups excluding carboxylic acids is 3. The highest BCUT2D eigenvalue weighted by Crippen LogP contribution is 2.24. The molecule has 0 unspecified atom stereocenters. The number of esters is 3. The first-order valence-corrected chi connectivity index (χ1v) is 12.9. The van der Waals surface area contributed by atoms with Crippen molar-refractivity contribution in [2.75, 3.05) is 76.7 Å². The van der Waals surface area contributed by atoms with Gasteiger partial charge in [0.05, 0.1) is 58.9 Å². The second-order valence-corrected chi connectivity index (χ2v) is 8.44. The average Bonchev–Trinajstić information content (AvgIpc) is 2.78. The van der Waals surface area contributed by atoms with Gasteiger partial charge in [-0.05, 0) is 6.42 Å². The highest BCUT2D eigenvalue weighted by atomic mass is 32.1. The molecule has 0 atom stereocenters. The summed E-state index contributed by atoms with van der Waals surface area (Å²) in [5.74, 6) is 0.342. The van der Waals surface area contributed by atoms with Crippen LogP contribution in [0, 0.1) is 5.41 Å². The number of thiol groups is 3. The molecule has 0 aromatic carbocycles. The molecule has 0 aliphatic heterocycles. The maximum absolute atomic E-state index is 11.4. The van der Waals surface area contributed by atoms with Crippen molar-refractivity contribution in [3.63, 3.8) is 0 Å². The SMILES string of the molecule is CCC(COCCOC(=O)CCS)(COCCOC(=O)CCS)COCCOC(=O)CCS. The highest BCUT2D eigenvalue weighted by Gasteiger charge is 2.30. The molecule has 0 aliphatic rings. The van der Waals surface area contributed by atoms with Gasteiger partial charge < -0.3 is 28.4 Å². The van der Waals surface area contributed by atoms with E-state index in [1.54, 1.807) is 0 Å². The lowest BCUT2D eigenvalue weighted by molar-refractivity contribution is -0.146. The molecular weight excluding hydrogens is 492 g/mol. The largest absolute Gasteiger partial charge is 0.463 e. The van der Waals surface area contributed by atoms with Crippen LogP contribution < -0.4 is 0 Å². The van der Waals surface area contributed by atoms with E-state index in [-0.39, 0.29) is 76.8 Å². The fourth-order valence-corrected chi connectivity index (χ4v) is 2.98. The molecule has 0 fully saturated rings. The van der Waals surface area contributed by atoms with E-state index in [0.29, 0.717) is 43.5 Å². The number of hydrogen-bond acceptors (Lipinski definition) is 12. The minimum absolute atomic E-state index is 0.149. The van der Waals surface area contributed by atoms with Gasteiger partial charge in [0.25, 0.3) is 0 Å². The van der Waals surface area contributed by atoms with E-state index in [0.717, 1.165) is 0 Å². The van der Waals surface area contributed by atoms with E-state index in [9.17, 15) is 14.4 Å². The third-order valence-corrected chi connectivity index (χ3v) is 5.07. The highest BCUT2D eigenvalue weighted by molar-refractivity contribution is 7.80. The topological polar surface area (TPSA) is 107 Å². The molecule has 0 heterocycles. The van der Waals surface area contributed by atoms with Crippen LogP contribution in [-0.4, -0.2) is 94.6 Å². The van der Waals surface area contributed by atoms with Crippen molar-refractivity contribution in [2.45, 2.75) is 32.6 Å². The molecule has 0 aromatic rings. The smallest absolute Gasteiger partial charge is 0.306 e. The summed E-state index contributed by atoms with van der Waals surface area (Å²) < 4.78 is 32.4. The number of ether oxygens (including phenoxy) is 6. The molecule has 194 valence electrons. The van der Waals surface area contributed by atoms with E-state index in [1.807, 2.05) is 6.92 Å². The van der Waals surface area contributed by atoms with Gasteiger partial charge in [-0.1, -0.05) is 6.92 Å². The Morgan fingerprint density at radius 2 is 0.879 bits per heavy atom. The van der Waals surface area contributed by atoms with Crippen LogP contribution in [0.25, 0.3) is 0 Å². The number of rotatable bonds is 22. The van der Waals surface area contributed by atoms with Crippen molar-refractivity contribution in [1.82, 2.24) is 0 Å². The summed E-state index contributed by atoms with van der Waals surface area (Å²) in [6.45, 7) is 4.09. The van der Waals surface area contributed by atoms with Gasteiger partial charge in [-0.2, -0.15) is 37.9 Å². The Morgan fingerprint density at radius 1 is 0.576 bits per heavy atom. The van der Waals surface area contributed by atoms with Gasteiger partial charge in [-0.3, -0.25) is 14.4 Å². The Morgan fingerprint density at radius 3 is 1.12 bits per heavy atom. The molecule has 0 bridgehead atoms. The molecule has 0 saturated carbocycles. The Labute approximate surface area is 213 Å². The summed E-state index contributed by atoms with van der Waals surface area (Å²) in [7, 11) is 0. The fraction of sp³-hybridized carbons (Fsp3) is 0.857. The minimum Gasteiger partial charge on any atom is -0.463 e. The summed E-state index contributed by atoms with van der Waals surface area (Å²) in [5, 5.41) is 0. The van der Waals surface area contributed by atoms with Crippen LogP contribution in [0.3, 0.4) is 0 Å². The van der Waals surface area contributed by atoms with Crippen LogP contribution in [0.1, 0.15) is 32.6 Å². The lowest BCUT2D eigenvalue weighted by Crippen LogP contribution is -2.38. The third-order valence-electron chi connectivity index (χ3n) is 4.39. The second-order valence-electron chi connectivity index (χ2n) is 7.09. The van der Waals surface area contributed by atoms with Gasteiger partial charge in [0, 0.05) is 22.7 Å². The maximum atomic E-state index is 11.4. The van der Waals surface area contributed by atoms with Gasteiger partial charge >= 0.3 is 17.9 Å². The molecule has 0 saturated heterocycles. The first-order chi connectivity index (χ1) is 15.9. The Balaban J connectivity index is 4.51. The first-order valence-electron chi connectivity index (χ1n) is 11.0. The summed E-state index contributed by atoms with van der Waals surface area (Å²) >= 11 is 12.0. The van der Waals surface area contributed by atoms with E-state index in [2.05, 4.69) is 37.9 Å². The lowest BCUT2D eigenvalue weighted by Gasteiger charge is -2.32. The monoisotopic (exact) mass is 530 g/mol. The summed E-state index contributed by atoms with van der Waals surface area (Å²) in [6.07, 6.45) is 1.44. The molecular formula is C21H38O9S3. The van der Waals surface area contributed by atoms with E-state index in [4.69, 9.17) is 28.4 Å². The summed E-state index contributed by atoms with van der Waals surface area (Å²) in [5.41, 5.74) is -0.473. The number of hydrogen-bond donors (Lipinski definition) is 3. The van der Waals surface area contributed by atoms with Gasteiger partial charge in [0.1, 0.15) is 19.8 Å². The second kappa shape index (κ2) is 21.8. The van der Waals surface area contributed by atoms with Gasteiger partial charge in [0.2, 0.25) is 0 Å². The average molecular weight is 531 g/mol. The first kappa shape index (κ1) is 32.3. The zero-order valence-electron chi connectivity index (χ0n) is 19.3. The molecule has 9 nitrogen and oxygen atoms in total.